The predicted molar refractivity (Wildman–Crippen MR) is 114 cm³/mol. The van der Waals surface area contributed by atoms with Gasteiger partial charge in [0.05, 0.1) is 16.8 Å². The maximum atomic E-state index is 13.1. The molecule has 0 radical (unpaired) electrons. The molecular formula is C23H26N4O. The molecule has 5 nitrogen and oxygen atoms in total. The first-order valence-corrected chi connectivity index (χ1v) is 9.63. The van der Waals surface area contributed by atoms with Crippen LogP contribution < -0.4 is 11.1 Å². The highest BCUT2D eigenvalue weighted by Gasteiger charge is 2.23. The summed E-state index contributed by atoms with van der Waals surface area (Å²) < 4.78 is 0. The zero-order valence-corrected chi connectivity index (χ0v) is 16.3. The number of aromatic nitrogens is 1. The molecule has 0 fully saturated rings. The molecule has 0 aliphatic carbocycles. The Balaban J connectivity index is 2.30. The Morgan fingerprint density at radius 1 is 1.14 bits per heavy atom. The van der Waals surface area contributed by atoms with Gasteiger partial charge in [-0.25, -0.2) is 4.98 Å². The number of nitrogens with two attached hydrogens (primary N) is 1. The SMILES string of the molecule is CCCC(C)Cc1c(-c2ccccc2)nc2ccccc2c1C(=O)NC(=N)N. The third-order valence-electron chi connectivity index (χ3n) is 4.85. The molecular weight excluding hydrogens is 348 g/mol. The molecule has 3 aromatic rings. The van der Waals surface area contributed by atoms with Crippen molar-refractivity contribution in [3.8, 4) is 11.3 Å². The van der Waals surface area contributed by atoms with Crippen LogP contribution in [-0.2, 0) is 6.42 Å². The lowest BCUT2D eigenvalue weighted by atomic mass is 9.88. The van der Waals surface area contributed by atoms with E-state index in [-0.39, 0.29) is 11.9 Å². The van der Waals surface area contributed by atoms with Crippen LogP contribution in [0.3, 0.4) is 0 Å². The van der Waals surface area contributed by atoms with E-state index in [0.717, 1.165) is 47.0 Å². The van der Waals surface area contributed by atoms with E-state index in [1.165, 1.54) is 0 Å². The van der Waals surface area contributed by atoms with Crippen molar-refractivity contribution in [2.24, 2.45) is 11.7 Å². The Morgan fingerprint density at radius 3 is 2.50 bits per heavy atom. The van der Waals surface area contributed by atoms with Gasteiger partial charge in [-0.1, -0.05) is 75.2 Å². The number of nitrogens with one attached hydrogen (secondary N) is 2. The monoisotopic (exact) mass is 374 g/mol. The van der Waals surface area contributed by atoms with Crippen molar-refractivity contribution in [1.82, 2.24) is 10.3 Å². The smallest absolute Gasteiger partial charge is 0.258 e. The Morgan fingerprint density at radius 2 is 1.82 bits per heavy atom. The first-order valence-electron chi connectivity index (χ1n) is 9.63. The van der Waals surface area contributed by atoms with Gasteiger partial charge in [-0.2, -0.15) is 0 Å². The number of para-hydroxylation sites is 1. The number of carbonyl (C=O) groups is 1. The second-order valence-corrected chi connectivity index (χ2v) is 7.16. The Hall–Kier alpha value is -3.21. The molecule has 0 spiro atoms. The quantitative estimate of drug-likeness (QED) is 0.438. The summed E-state index contributed by atoms with van der Waals surface area (Å²) in [5, 5.41) is 10.8. The van der Waals surface area contributed by atoms with Gasteiger partial charge in [-0.05, 0) is 24.0 Å². The van der Waals surface area contributed by atoms with Crippen LogP contribution in [0.25, 0.3) is 22.2 Å². The average molecular weight is 374 g/mol. The summed E-state index contributed by atoms with van der Waals surface area (Å²) in [5.74, 6) is -0.319. The van der Waals surface area contributed by atoms with Gasteiger partial charge in [-0.15, -0.1) is 0 Å². The number of pyridine rings is 1. The molecule has 3 rings (SSSR count). The molecule has 0 saturated carbocycles. The number of guanidine groups is 1. The molecule has 2 aromatic carbocycles. The molecule has 1 atom stereocenters. The maximum Gasteiger partial charge on any atom is 0.258 e. The van der Waals surface area contributed by atoms with E-state index < -0.39 is 0 Å². The van der Waals surface area contributed by atoms with E-state index in [1.807, 2.05) is 54.6 Å². The molecule has 5 heteroatoms. The van der Waals surface area contributed by atoms with Crippen LogP contribution >= 0.6 is 0 Å². The fourth-order valence-electron chi connectivity index (χ4n) is 3.67. The lowest BCUT2D eigenvalue weighted by Crippen LogP contribution is -2.36. The van der Waals surface area contributed by atoms with Crippen molar-refractivity contribution in [1.29, 1.82) is 5.41 Å². The third kappa shape index (κ3) is 4.19. The Bertz CT molecular complexity index is 998. The van der Waals surface area contributed by atoms with Crippen LogP contribution in [0.2, 0.25) is 0 Å². The second kappa shape index (κ2) is 8.65. The minimum absolute atomic E-state index is 0.359. The fourth-order valence-corrected chi connectivity index (χ4v) is 3.67. The molecule has 1 unspecified atom stereocenters. The minimum Gasteiger partial charge on any atom is -0.370 e. The normalized spacial score (nSPS) is 11.9. The zero-order chi connectivity index (χ0) is 20.1. The van der Waals surface area contributed by atoms with Crippen molar-refractivity contribution in [3.63, 3.8) is 0 Å². The molecule has 0 aliphatic heterocycles. The lowest BCUT2D eigenvalue weighted by Gasteiger charge is -2.20. The fraction of sp³-hybridized carbons (Fsp3) is 0.261. The molecule has 0 aliphatic rings. The molecule has 1 heterocycles. The van der Waals surface area contributed by atoms with Gasteiger partial charge >= 0.3 is 0 Å². The summed E-state index contributed by atoms with van der Waals surface area (Å²) in [4.78, 5) is 18.0. The van der Waals surface area contributed by atoms with Gasteiger partial charge in [-0.3, -0.25) is 15.5 Å². The molecule has 1 aromatic heterocycles. The van der Waals surface area contributed by atoms with Gasteiger partial charge in [0.2, 0.25) is 0 Å². The Kier molecular flexibility index (Phi) is 6.04. The highest BCUT2D eigenvalue weighted by molar-refractivity contribution is 6.13. The predicted octanol–water partition coefficient (Wildman–Crippen LogP) is 4.50. The number of hydrogen-bond acceptors (Lipinski definition) is 3. The van der Waals surface area contributed by atoms with E-state index >= 15 is 0 Å². The van der Waals surface area contributed by atoms with Crippen LogP contribution in [0.5, 0.6) is 0 Å². The van der Waals surface area contributed by atoms with Gasteiger partial charge in [0.25, 0.3) is 5.91 Å². The number of benzene rings is 2. The van der Waals surface area contributed by atoms with Crippen LogP contribution in [0.15, 0.2) is 54.6 Å². The van der Waals surface area contributed by atoms with Crippen molar-refractivity contribution in [2.75, 3.05) is 0 Å². The van der Waals surface area contributed by atoms with Crippen LogP contribution in [-0.4, -0.2) is 16.9 Å². The number of rotatable bonds is 6. The van der Waals surface area contributed by atoms with Gasteiger partial charge in [0, 0.05) is 10.9 Å². The number of nitrogens with zero attached hydrogens (tertiary/aromatic N) is 1. The second-order valence-electron chi connectivity index (χ2n) is 7.16. The summed E-state index contributed by atoms with van der Waals surface area (Å²) in [6, 6.07) is 17.6. The number of amides is 1. The summed E-state index contributed by atoms with van der Waals surface area (Å²) in [6.07, 6.45) is 2.88. The maximum absolute atomic E-state index is 13.1. The molecule has 0 bridgehead atoms. The van der Waals surface area contributed by atoms with Crippen LogP contribution in [0.1, 0.15) is 42.6 Å². The van der Waals surface area contributed by atoms with Crippen molar-refractivity contribution in [3.05, 3.63) is 65.7 Å². The molecule has 1 amide bonds. The van der Waals surface area contributed by atoms with Gasteiger partial charge in [0.15, 0.2) is 5.96 Å². The number of carbonyl (C=O) groups excluding carboxylic acids is 1. The summed E-state index contributed by atoms with van der Waals surface area (Å²) in [6.45, 7) is 4.36. The first kappa shape index (κ1) is 19.5. The number of hydrogen-bond donors (Lipinski definition) is 3. The van der Waals surface area contributed by atoms with E-state index in [1.54, 1.807) is 0 Å². The van der Waals surface area contributed by atoms with E-state index in [9.17, 15) is 4.79 Å². The standard InChI is InChI=1S/C23H26N4O/c1-3-9-15(2)14-18-20(22(28)27-23(24)25)17-12-7-8-13-19(17)26-21(18)16-10-5-4-6-11-16/h4-8,10-13,15H,3,9,14H2,1-2H3,(H4,24,25,27,28). The average Bonchev–Trinajstić information content (AvgIpc) is 2.67. The van der Waals surface area contributed by atoms with Crippen molar-refractivity contribution >= 4 is 22.8 Å². The van der Waals surface area contributed by atoms with Crippen molar-refractivity contribution in [2.45, 2.75) is 33.1 Å². The zero-order valence-electron chi connectivity index (χ0n) is 16.3. The summed E-state index contributed by atoms with van der Waals surface area (Å²) in [5.41, 5.74) is 9.47. The Labute approximate surface area is 165 Å². The van der Waals surface area contributed by atoms with E-state index in [4.69, 9.17) is 16.1 Å². The van der Waals surface area contributed by atoms with E-state index in [2.05, 4.69) is 19.2 Å². The van der Waals surface area contributed by atoms with E-state index in [0.29, 0.717) is 11.5 Å². The molecule has 28 heavy (non-hydrogen) atoms. The van der Waals surface area contributed by atoms with Gasteiger partial charge < -0.3 is 5.73 Å². The highest BCUT2D eigenvalue weighted by atomic mass is 16.1. The summed E-state index contributed by atoms with van der Waals surface area (Å²) >= 11 is 0. The minimum atomic E-state index is -0.361. The largest absolute Gasteiger partial charge is 0.370 e. The molecule has 0 saturated heterocycles. The highest BCUT2D eigenvalue weighted by Crippen LogP contribution is 2.32. The lowest BCUT2D eigenvalue weighted by molar-refractivity contribution is 0.0977. The first-order chi connectivity index (χ1) is 13.5. The molecule has 144 valence electrons. The van der Waals surface area contributed by atoms with Crippen LogP contribution in [0.4, 0.5) is 0 Å². The van der Waals surface area contributed by atoms with Crippen molar-refractivity contribution < 1.29 is 4.79 Å². The third-order valence-corrected chi connectivity index (χ3v) is 4.85. The number of fused-ring (bicyclic) bond motifs is 1. The topological polar surface area (TPSA) is 91.9 Å². The summed E-state index contributed by atoms with van der Waals surface area (Å²) in [7, 11) is 0. The molecule has 4 N–H and O–H groups in total. The van der Waals surface area contributed by atoms with Crippen LogP contribution in [0, 0.1) is 11.3 Å². The van der Waals surface area contributed by atoms with Gasteiger partial charge in [0.1, 0.15) is 0 Å².